The van der Waals surface area contributed by atoms with Crippen LogP contribution in [0.25, 0.3) is 0 Å². The molecule has 0 spiro atoms. The first-order valence-corrected chi connectivity index (χ1v) is 11.9. The highest BCUT2D eigenvalue weighted by atomic mass is 31.0. The zero-order valence-corrected chi connectivity index (χ0v) is 22.6. The molecule has 0 fully saturated rings. The molecule has 0 bridgehead atoms. The molecule has 1 N–H and O–H groups in total. The van der Waals surface area contributed by atoms with Crippen LogP contribution in [0.4, 0.5) is 4.39 Å². The van der Waals surface area contributed by atoms with Crippen molar-refractivity contribution in [2.75, 3.05) is 14.2 Å². The van der Waals surface area contributed by atoms with Gasteiger partial charge in [0, 0.05) is 16.7 Å². The molecule has 3 aromatic rings. The van der Waals surface area contributed by atoms with Gasteiger partial charge in [-0.3, -0.25) is 14.4 Å². The van der Waals surface area contributed by atoms with Gasteiger partial charge in [-0.2, -0.15) is 0 Å². The van der Waals surface area contributed by atoms with Gasteiger partial charge in [-0.1, -0.05) is 53.8 Å². The van der Waals surface area contributed by atoms with E-state index in [1.54, 1.807) is 12.1 Å². The highest BCUT2D eigenvalue weighted by molar-refractivity contribution is 7.18. The molecule has 2 unspecified atom stereocenters. The van der Waals surface area contributed by atoms with Gasteiger partial charge in [-0.25, -0.2) is 4.39 Å². The average molecular weight is 529 g/mol. The Morgan fingerprint density at radius 1 is 1.08 bits per heavy atom. The lowest BCUT2D eigenvalue weighted by Gasteiger charge is -2.15. The number of rotatable bonds is 5. The van der Waals surface area contributed by atoms with Crippen molar-refractivity contribution >= 4 is 26.6 Å². The first-order chi connectivity index (χ1) is 17.5. The summed E-state index contributed by atoms with van der Waals surface area (Å²) < 4.78 is 30.8. The largest absolute Gasteiger partial charge is 0.504 e. The normalized spacial score (nSPS) is 13.1. The van der Waals surface area contributed by atoms with Crippen LogP contribution in [-0.2, 0) is 5.41 Å². The summed E-state index contributed by atoms with van der Waals surface area (Å²) in [5.41, 5.74) is -0.615. The van der Waals surface area contributed by atoms with Gasteiger partial charge in [0.1, 0.15) is 0 Å². The van der Waals surface area contributed by atoms with Gasteiger partial charge in [0.05, 0.1) is 25.3 Å². The number of alkyl halides is 1. The van der Waals surface area contributed by atoms with E-state index in [0.29, 0.717) is 0 Å². The van der Waals surface area contributed by atoms with Crippen molar-refractivity contribution in [3.8, 4) is 17.2 Å². The highest BCUT2D eigenvalue weighted by Crippen LogP contribution is 2.44. The fourth-order valence-corrected chi connectivity index (χ4v) is 3.93. The molecule has 0 radical (unpaired) electrons. The smallest absolute Gasteiger partial charge is 0.229 e. The minimum Gasteiger partial charge on any atom is -0.504 e. The van der Waals surface area contributed by atoms with E-state index in [1.807, 2.05) is 9.24 Å². The van der Waals surface area contributed by atoms with Crippen LogP contribution in [0.2, 0.25) is 0 Å². The molecule has 1 aliphatic rings. The monoisotopic (exact) mass is 528 g/mol. The number of halogens is 1. The van der Waals surface area contributed by atoms with Gasteiger partial charge in [0.2, 0.25) is 11.5 Å². The number of fused-ring (bicyclic) bond motifs is 2. The fourth-order valence-electron chi connectivity index (χ4n) is 3.72. The van der Waals surface area contributed by atoms with E-state index in [4.69, 9.17) is 13.9 Å². The Labute approximate surface area is 217 Å². The van der Waals surface area contributed by atoms with Crippen molar-refractivity contribution in [2.24, 2.45) is 0 Å². The summed E-state index contributed by atoms with van der Waals surface area (Å²) in [6.45, 7) is 11.4. The molecule has 0 saturated carbocycles. The van der Waals surface area contributed by atoms with Gasteiger partial charge < -0.3 is 19.0 Å². The maximum atomic E-state index is 15.1. The number of ketones is 3. The summed E-state index contributed by atoms with van der Waals surface area (Å²) in [7, 11) is 4.52. The molecule has 7 nitrogen and oxygen atoms in total. The Kier molecular flexibility index (Phi) is 9.54. The molecule has 1 aromatic heterocycles. The molecule has 196 valence electrons. The number of carbonyl (C=O) groups excluding carboxylic acids is 3. The van der Waals surface area contributed by atoms with Gasteiger partial charge >= 0.3 is 0 Å². The molecule has 4 rings (SSSR count). The van der Waals surface area contributed by atoms with Crippen molar-refractivity contribution in [1.82, 2.24) is 0 Å². The number of phenolic OH excluding ortho intramolecular Hbond substituents is 1. The number of ether oxygens (including phenoxy) is 2. The second-order valence-electron chi connectivity index (χ2n) is 8.06. The van der Waals surface area contributed by atoms with Crippen LogP contribution in [0, 0.1) is 0 Å². The summed E-state index contributed by atoms with van der Waals surface area (Å²) >= 11 is 0. The van der Waals surface area contributed by atoms with Gasteiger partial charge in [-0.05, 0) is 19.1 Å². The van der Waals surface area contributed by atoms with Crippen LogP contribution in [0.15, 0.2) is 54.0 Å². The lowest BCUT2D eigenvalue weighted by atomic mass is 9.84. The first-order valence-electron chi connectivity index (χ1n) is 11.3. The number of benzene rings is 2. The lowest BCUT2D eigenvalue weighted by molar-refractivity contribution is 0.0956. The average Bonchev–Trinajstić information content (AvgIpc) is 3.30. The van der Waals surface area contributed by atoms with E-state index in [2.05, 4.69) is 27.0 Å². The van der Waals surface area contributed by atoms with Crippen molar-refractivity contribution in [3.05, 3.63) is 88.9 Å². The molecule has 1 heterocycles. The molecule has 2 aromatic carbocycles. The zero-order chi connectivity index (χ0) is 28.1. The molecule has 9 heteroatoms. The van der Waals surface area contributed by atoms with E-state index in [1.165, 1.54) is 38.8 Å². The number of furan rings is 1. The van der Waals surface area contributed by atoms with Crippen LogP contribution >= 0.6 is 9.24 Å². The first kappa shape index (κ1) is 29.5. The number of carbonyl (C=O) groups is 3. The van der Waals surface area contributed by atoms with Crippen molar-refractivity contribution in [1.29, 1.82) is 0 Å². The van der Waals surface area contributed by atoms with Crippen molar-refractivity contribution in [2.45, 2.75) is 32.6 Å². The summed E-state index contributed by atoms with van der Waals surface area (Å²) in [5.74, 6) is -3.31. The minimum absolute atomic E-state index is 0.0000504. The molecule has 1 aliphatic carbocycles. The SMILES string of the molecule is C=C.CCC.COc1cc(C(=O)c2c(C(C)(F)P)oc3c2C(=O)c2ccccc2C3=O)cc(O)c1OC. The highest BCUT2D eigenvalue weighted by Gasteiger charge is 2.43. The Balaban J connectivity index is 0.000000898. The maximum Gasteiger partial charge on any atom is 0.229 e. The van der Waals surface area contributed by atoms with Crippen LogP contribution < -0.4 is 9.47 Å². The lowest BCUT2D eigenvalue weighted by Crippen LogP contribution is -2.22. The predicted molar refractivity (Wildman–Crippen MR) is 142 cm³/mol. The molecule has 0 amide bonds. The zero-order valence-electron chi connectivity index (χ0n) is 21.4. The minimum atomic E-state index is -2.27. The third kappa shape index (κ3) is 5.49. The van der Waals surface area contributed by atoms with E-state index < -0.39 is 40.0 Å². The second kappa shape index (κ2) is 12.0. The van der Waals surface area contributed by atoms with E-state index in [0.717, 1.165) is 13.0 Å². The van der Waals surface area contributed by atoms with Crippen LogP contribution in [0.5, 0.6) is 17.2 Å². The number of hydrogen-bond acceptors (Lipinski definition) is 7. The predicted octanol–water partition coefficient (Wildman–Crippen LogP) is 6.24. The van der Waals surface area contributed by atoms with E-state index in [9.17, 15) is 19.5 Å². The topological polar surface area (TPSA) is 103 Å². The number of hydrogen-bond donors (Lipinski definition) is 1. The van der Waals surface area contributed by atoms with E-state index in [-0.39, 0.29) is 39.3 Å². The third-order valence-corrected chi connectivity index (χ3v) is 5.41. The number of methoxy groups -OCH3 is 2. The molecule has 37 heavy (non-hydrogen) atoms. The Morgan fingerprint density at radius 3 is 2.11 bits per heavy atom. The molecule has 0 aliphatic heterocycles. The van der Waals surface area contributed by atoms with Gasteiger partial charge in [0.25, 0.3) is 0 Å². The quantitative estimate of drug-likeness (QED) is 0.186. The van der Waals surface area contributed by atoms with Crippen molar-refractivity contribution in [3.63, 3.8) is 0 Å². The Hall–Kier alpha value is -3.77. The second-order valence-corrected chi connectivity index (χ2v) is 9.14. The summed E-state index contributed by atoms with van der Waals surface area (Å²) in [4.78, 5) is 39.8. The third-order valence-electron chi connectivity index (χ3n) is 5.15. The maximum absolute atomic E-state index is 15.1. The molecular weight excluding hydrogens is 498 g/mol. The Bertz CT molecular complexity index is 1340. The summed E-state index contributed by atoms with van der Waals surface area (Å²) in [6.07, 6.45) is 1.25. The molecule has 0 saturated heterocycles. The summed E-state index contributed by atoms with van der Waals surface area (Å²) in [6, 6.07) is 8.48. The van der Waals surface area contributed by atoms with Crippen LogP contribution in [0.1, 0.15) is 80.9 Å². The van der Waals surface area contributed by atoms with Gasteiger partial charge in [0.15, 0.2) is 40.0 Å². The van der Waals surface area contributed by atoms with Crippen LogP contribution in [-0.4, -0.2) is 36.7 Å². The molecule has 2 atom stereocenters. The van der Waals surface area contributed by atoms with Gasteiger partial charge in [-0.15, -0.1) is 13.2 Å². The fraction of sp³-hybridized carbons (Fsp3) is 0.250. The Morgan fingerprint density at radius 2 is 1.62 bits per heavy atom. The number of phenols is 1. The molecular formula is C28H30FO7P. The standard InChI is InChI=1S/C23H18FO7P.C3H8.C2H4/c1-23(24,32)22-16(17(26)10-8-13(25)20(30-3)14(9-10)29-2)15-18(27)11-6-4-5-7-12(11)19(28)21(15)31-22;1-3-2;1-2/h4-9,25H,32H2,1-3H3;3H2,1-2H3;1-2H2. The van der Waals surface area contributed by atoms with E-state index >= 15 is 4.39 Å². The van der Waals surface area contributed by atoms with Crippen molar-refractivity contribution < 1.29 is 37.8 Å². The number of aromatic hydroxyl groups is 1. The summed E-state index contributed by atoms with van der Waals surface area (Å²) in [5, 5.41) is 7.99. The van der Waals surface area contributed by atoms with Crippen LogP contribution in [0.3, 0.4) is 0 Å².